The van der Waals surface area contributed by atoms with Crippen LogP contribution >= 0.6 is 15.9 Å². The van der Waals surface area contributed by atoms with Crippen LogP contribution < -0.4 is 5.32 Å². The lowest BCUT2D eigenvalue weighted by Crippen LogP contribution is -2.24. The highest BCUT2D eigenvalue weighted by molar-refractivity contribution is 9.10. The lowest BCUT2D eigenvalue weighted by Gasteiger charge is -2.10. The highest BCUT2D eigenvalue weighted by atomic mass is 79.9. The predicted octanol–water partition coefficient (Wildman–Crippen LogP) is 2.74. The second-order valence-corrected chi connectivity index (χ2v) is 3.96. The molecule has 0 saturated carbocycles. The Balaban J connectivity index is 2.83. The summed E-state index contributed by atoms with van der Waals surface area (Å²) in [6.45, 7) is 2.03. The first-order valence-electron chi connectivity index (χ1n) is 4.25. The zero-order valence-electron chi connectivity index (χ0n) is 7.77. The Kier molecular flexibility index (Phi) is 3.88. The average molecular weight is 246 g/mol. The van der Waals surface area contributed by atoms with Crippen molar-refractivity contribution in [3.8, 4) is 0 Å². The molecule has 0 radical (unpaired) electrons. The molecule has 13 heavy (non-hydrogen) atoms. The van der Waals surface area contributed by atoms with E-state index in [0.29, 0.717) is 16.9 Å². The van der Waals surface area contributed by atoms with Crippen molar-refractivity contribution in [2.75, 3.05) is 7.05 Å². The van der Waals surface area contributed by atoms with Crippen LogP contribution in [0.2, 0.25) is 0 Å². The summed E-state index contributed by atoms with van der Waals surface area (Å²) in [5.74, 6) is -0.149. The highest BCUT2D eigenvalue weighted by Gasteiger charge is 2.08. The van der Waals surface area contributed by atoms with Gasteiger partial charge in [0, 0.05) is 6.04 Å². The highest BCUT2D eigenvalue weighted by Crippen LogP contribution is 2.19. The molecule has 72 valence electrons. The monoisotopic (exact) mass is 245 g/mol. The topological polar surface area (TPSA) is 12.0 Å². The average Bonchev–Trinajstić information content (AvgIpc) is 2.13. The first kappa shape index (κ1) is 10.7. The molecule has 1 unspecified atom stereocenters. The summed E-state index contributed by atoms with van der Waals surface area (Å²) < 4.78 is 14.0. The number of halogens is 2. The van der Waals surface area contributed by atoms with Crippen molar-refractivity contribution in [1.29, 1.82) is 0 Å². The number of benzene rings is 1. The molecule has 3 heteroatoms. The largest absolute Gasteiger partial charge is 0.317 e. The van der Waals surface area contributed by atoms with Gasteiger partial charge in [0.25, 0.3) is 0 Å². The van der Waals surface area contributed by atoms with Crippen LogP contribution in [0.1, 0.15) is 12.5 Å². The zero-order chi connectivity index (χ0) is 9.84. The molecule has 0 fully saturated rings. The summed E-state index contributed by atoms with van der Waals surface area (Å²) in [7, 11) is 1.88. The molecule has 0 aliphatic carbocycles. The van der Waals surface area contributed by atoms with Crippen LogP contribution in [0.4, 0.5) is 4.39 Å². The standard InChI is InChI=1S/C10H13BrFN/c1-7(13-2)6-8-4-3-5-9(11)10(8)12/h3-5,7,13H,6H2,1-2H3. The quantitative estimate of drug-likeness (QED) is 0.864. The molecule has 1 aromatic carbocycles. The van der Waals surface area contributed by atoms with E-state index in [9.17, 15) is 4.39 Å². The molecule has 0 aromatic heterocycles. The molecule has 0 aliphatic rings. The van der Waals surface area contributed by atoms with Crippen LogP contribution in [-0.4, -0.2) is 13.1 Å². The third kappa shape index (κ3) is 2.78. The number of hydrogen-bond acceptors (Lipinski definition) is 1. The molecular formula is C10H13BrFN. The van der Waals surface area contributed by atoms with Gasteiger partial charge in [-0.1, -0.05) is 12.1 Å². The number of hydrogen-bond donors (Lipinski definition) is 1. The maximum absolute atomic E-state index is 13.4. The Morgan fingerprint density at radius 2 is 2.23 bits per heavy atom. The van der Waals surface area contributed by atoms with E-state index in [0.717, 1.165) is 5.56 Å². The van der Waals surface area contributed by atoms with Crippen molar-refractivity contribution in [1.82, 2.24) is 5.32 Å². The van der Waals surface area contributed by atoms with Crippen LogP contribution in [0, 0.1) is 5.82 Å². The summed E-state index contributed by atoms with van der Waals surface area (Å²) in [4.78, 5) is 0. The second-order valence-electron chi connectivity index (χ2n) is 3.11. The fourth-order valence-electron chi connectivity index (χ4n) is 1.14. The lowest BCUT2D eigenvalue weighted by atomic mass is 10.1. The normalized spacial score (nSPS) is 12.9. The molecule has 1 nitrogen and oxygen atoms in total. The van der Waals surface area contributed by atoms with E-state index in [1.54, 1.807) is 6.07 Å². The minimum Gasteiger partial charge on any atom is -0.317 e. The summed E-state index contributed by atoms with van der Waals surface area (Å²) in [6.07, 6.45) is 0.710. The molecule has 1 rings (SSSR count). The van der Waals surface area contributed by atoms with E-state index in [1.807, 2.05) is 26.1 Å². The molecule has 1 N–H and O–H groups in total. The Bertz CT molecular complexity index is 288. The summed E-state index contributed by atoms with van der Waals surface area (Å²) in [5, 5.41) is 3.08. The first-order chi connectivity index (χ1) is 6.15. The molecule has 0 heterocycles. The number of likely N-dealkylation sites (N-methyl/N-ethyl adjacent to an activating group) is 1. The first-order valence-corrected chi connectivity index (χ1v) is 5.04. The van der Waals surface area contributed by atoms with Gasteiger partial charge >= 0.3 is 0 Å². The number of rotatable bonds is 3. The molecular weight excluding hydrogens is 233 g/mol. The van der Waals surface area contributed by atoms with Crippen molar-refractivity contribution in [2.45, 2.75) is 19.4 Å². The number of nitrogens with one attached hydrogen (secondary N) is 1. The van der Waals surface area contributed by atoms with E-state index < -0.39 is 0 Å². The second kappa shape index (κ2) is 4.72. The van der Waals surface area contributed by atoms with E-state index in [-0.39, 0.29) is 5.82 Å². The molecule has 0 saturated heterocycles. The Morgan fingerprint density at radius 1 is 1.54 bits per heavy atom. The van der Waals surface area contributed by atoms with Crippen molar-refractivity contribution in [2.24, 2.45) is 0 Å². The van der Waals surface area contributed by atoms with Gasteiger partial charge < -0.3 is 5.32 Å². The van der Waals surface area contributed by atoms with Crippen LogP contribution in [0.25, 0.3) is 0 Å². The summed E-state index contributed by atoms with van der Waals surface area (Å²) >= 11 is 3.16. The van der Waals surface area contributed by atoms with Crippen molar-refractivity contribution in [3.63, 3.8) is 0 Å². The Morgan fingerprint density at radius 3 is 2.85 bits per heavy atom. The van der Waals surface area contributed by atoms with Gasteiger partial charge in [-0.05, 0) is 48.0 Å². The lowest BCUT2D eigenvalue weighted by molar-refractivity contribution is 0.560. The maximum Gasteiger partial charge on any atom is 0.140 e. The summed E-state index contributed by atoms with van der Waals surface area (Å²) in [6, 6.07) is 5.67. The van der Waals surface area contributed by atoms with Gasteiger partial charge in [0.1, 0.15) is 5.82 Å². The van der Waals surface area contributed by atoms with E-state index in [2.05, 4.69) is 21.2 Å². The molecule has 1 atom stereocenters. The minimum absolute atomic E-state index is 0.149. The Hall–Kier alpha value is -0.410. The van der Waals surface area contributed by atoms with Gasteiger partial charge in [0.15, 0.2) is 0 Å². The maximum atomic E-state index is 13.4. The van der Waals surface area contributed by atoms with E-state index >= 15 is 0 Å². The van der Waals surface area contributed by atoms with E-state index in [1.165, 1.54) is 0 Å². The van der Waals surface area contributed by atoms with Gasteiger partial charge in [0.05, 0.1) is 4.47 Å². The molecule has 0 bridgehead atoms. The SMILES string of the molecule is CNC(C)Cc1cccc(Br)c1F. The van der Waals surface area contributed by atoms with Crippen molar-refractivity contribution in [3.05, 3.63) is 34.1 Å². The Labute approximate surface area is 86.5 Å². The van der Waals surface area contributed by atoms with Crippen LogP contribution in [0.15, 0.2) is 22.7 Å². The fraction of sp³-hybridized carbons (Fsp3) is 0.400. The van der Waals surface area contributed by atoms with Crippen molar-refractivity contribution >= 4 is 15.9 Å². The third-order valence-electron chi connectivity index (χ3n) is 2.05. The predicted molar refractivity (Wildman–Crippen MR) is 56.3 cm³/mol. The minimum atomic E-state index is -0.149. The van der Waals surface area contributed by atoms with Crippen LogP contribution in [0.5, 0.6) is 0 Å². The van der Waals surface area contributed by atoms with Gasteiger partial charge in [-0.2, -0.15) is 0 Å². The van der Waals surface area contributed by atoms with Crippen LogP contribution in [-0.2, 0) is 6.42 Å². The van der Waals surface area contributed by atoms with Crippen LogP contribution in [0.3, 0.4) is 0 Å². The summed E-state index contributed by atoms with van der Waals surface area (Å²) in [5.41, 5.74) is 0.747. The van der Waals surface area contributed by atoms with Crippen molar-refractivity contribution < 1.29 is 4.39 Å². The van der Waals surface area contributed by atoms with Gasteiger partial charge in [0.2, 0.25) is 0 Å². The molecule has 0 spiro atoms. The van der Waals surface area contributed by atoms with E-state index in [4.69, 9.17) is 0 Å². The smallest absolute Gasteiger partial charge is 0.140 e. The molecule has 1 aromatic rings. The fourth-order valence-corrected chi connectivity index (χ4v) is 1.55. The molecule has 0 aliphatic heterocycles. The van der Waals surface area contributed by atoms with Gasteiger partial charge in [-0.25, -0.2) is 4.39 Å². The third-order valence-corrected chi connectivity index (χ3v) is 2.66. The molecule has 0 amide bonds. The zero-order valence-corrected chi connectivity index (χ0v) is 9.36. The van der Waals surface area contributed by atoms with Gasteiger partial charge in [-0.3, -0.25) is 0 Å². The van der Waals surface area contributed by atoms with Gasteiger partial charge in [-0.15, -0.1) is 0 Å².